The van der Waals surface area contributed by atoms with Crippen LogP contribution in [0.5, 0.6) is 5.75 Å². The Hall–Kier alpha value is -1.35. The molecule has 94 valence electrons. The van der Waals surface area contributed by atoms with Gasteiger partial charge in [0.05, 0.1) is 7.11 Å². The van der Waals surface area contributed by atoms with Crippen LogP contribution in [-0.2, 0) is 11.3 Å². The minimum atomic E-state index is 0.213. The Bertz CT molecular complexity index is 399. The maximum atomic E-state index is 10.8. The lowest BCUT2D eigenvalue weighted by Crippen LogP contribution is -2.17. The molecule has 1 aromatic rings. The van der Waals surface area contributed by atoms with Gasteiger partial charge in [0.2, 0.25) is 0 Å². The van der Waals surface area contributed by atoms with E-state index in [0.29, 0.717) is 13.0 Å². The summed E-state index contributed by atoms with van der Waals surface area (Å²) >= 11 is 0. The lowest BCUT2D eigenvalue weighted by molar-refractivity contribution is -0.116. The van der Waals surface area contributed by atoms with E-state index < -0.39 is 0 Å². The molecular formula is C14H21NO2. The van der Waals surface area contributed by atoms with Crippen molar-refractivity contribution in [1.82, 2.24) is 5.32 Å². The highest BCUT2D eigenvalue weighted by molar-refractivity contribution is 5.75. The molecule has 0 aliphatic carbocycles. The van der Waals surface area contributed by atoms with Gasteiger partial charge >= 0.3 is 0 Å². The molecule has 0 spiro atoms. The third-order valence-corrected chi connectivity index (χ3v) is 2.87. The number of hydrogen-bond donors (Lipinski definition) is 1. The molecule has 0 aliphatic heterocycles. The first kappa shape index (κ1) is 13.7. The molecule has 0 fully saturated rings. The summed E-state index contributed by atoms with van der Waals surface area (Å²) in [4.78, 5) is 10.8. The lowest BCUT2D eigenvalue weighted by Gasteiger charge is -2.12. The Morgan fingerprint density at radius 3 is 2.53 bits per heavy atom. The second-order valence-electron chi connectivity index (χ2n) is 4.38. The van der Waals surface area contributed by atoms with E-state index in [2.05, 4.69) is 31.3 Å². The van der Waals surface area contributed by atoms with Crippen LogP contribution in [-0.4, -0.2) is 19.4 Å². The van der Waals surface area contributed by atoms with Gasteiger partial charge in [-0.15, -0.1) is 0 Å². The van der Waals surface area contributed by atoms with E-state index in [4.69, 9.17) is 4.74 Å². The second-order valence-corrected chi connectivity index (χ2v) is 4.38. The van der Waals surface area contributed by atoms with Crippen LogP contribution < -0.4 is 10.1 Å². The molecule has 0 saturated heterocycles. The van der Waals surface area contributed by atoms with E-state index in [0.717, 1.165) is 17.9 Å². The molecule has 0 heterocycles. The minimum absolute atomic E-state index is 0.213. The molecule has 0 bridgehead atoms. The van der Waals surface area contributed by atoms with Crippen molar-refractivity contribution in [2.24, 2.45) is 0 Å². The molecule has 0 unspecified atom stereocenters. The molecule has 0 amide bonds. The third kappa shape index (κ3) is 4.19. The van der Waals surface area contributed by atoms with Gasteiger partial charge in [-0.05, 0) is 38.0 Å². The molecule has 1 aromatic carbocycles. The van der Waals surface area contributed by atoms with E-state index in [1.54, 1.807) is 14.0 Å². The SMILES string of the molecule is COc1cc(C)c(C)cc1CNCCC(C)=O. The van der Waals surface area contributed by atoms with Crippen LogP contribution in [0.2, 0.25) is 0 Å². The van der Waals surface area contributed by atoms with Crippen molar-refractivity contribution in [3.8, 4) is 5.75 Å². The van der Waals surface area contributed by atoms with E-state index in [1.807, 2.05) is 0 Å². The summed E-state index contributed by atoms with van der Waals surface area (Å²) in [6, 6.07) is 4.19. The third-order valence-electron chi connectivity index (χ3n) is 2.87. The molecule has 17 heavy (non-hydrogen) atoms. The number of carbonyl (C=O) groups is 1. The fourth-order valence-electron chi connectivity index (χ4n) is 1.67. The maximum Gasteiger partial charge on any atom is 0.131 e. The average Bonchev–Trinajstić information content (AvgIpc) is 2.28. The summed E-state index contributed by atoms with van der Waals surface area (Å²) in [5.41, 5.74) is 3.63. The number of nitrogens with one attached hydrogen (secondary N) is 1. The van der Waals surface area contributed by atoms with Crippen LogP contribution in [0.1, 0.15) is 30.0 Å². The zero-order valence-electron chi connectivity index (χ0n) is 11.1. The van der Waals surface area contributed by atoms with Gasteiger partial charge in [0.25, 0.3) is 0 Å². The molecule has 0 aliphatic rings. The summed E-state index contributed by atoms with van der Waals surface area (Å²) in [7, 11) is 1.68. The number of carbonyl (C=O) groups excluding carboxylic acids is 1. The Kier molecular flexibility index (Phi) is 5.16. The quantitative estimate of drug-likeness (QED) is 0.769. The fourth-order valence-corrected chi connectivity index (χ4v) is 1.67. The van der Waals surface area contributed by atoms with Crippen LogP contribution in [0.3, 0.4) is 0 Å². The van der Waals surface area contributed by atoms with Crippen molar-refractivity contribution < 1.29 is 9.53 Å². The molecule has 0 radical (unpaired) electrons. The smallest absolute Gasteiger partial charge is 0.131 e. The Labute approximate surface area is 103 Å². The van der Waals surface area contributed by atoms with E-state index in [1.165, 1.54) is 11.1 Å². The summed E-state index contributed by atoms with van der Waals surface area (Å²) in [5.74, 6) is 1.12. The summed E-state index contributed by atoms with van der Waals surface area (Å²) < 4.78 is 5.35. The van der Waals surface area contributed by atoms with Gasteiger partial charge in [-0.1, -0.05) is 6.07 Å². The van der Waals surface area contributed by atoms with Gasteiger partial charge in [0.1, 0.15) is 11.5 Å². The monoisotopic (exact) mass is 235 g/mol. The van der Waals surface area contributed by atoms with Crippen LogP contribution in [0, 0.1) is 13.8 Å². The first-order valence-electron chi connectivity index (χ1n) is 5.89. The van der Waals surface area contributed by atoms with Crippen LogP contribution >= 0.6 is 0 Å². The van der Waals surface area contributed by atoms with Crippen molar-refractivity contribution in [1.29, 1.82) is 0 Å². The summed E-state index contributed by atoms with van der Waals surface area (Å²) in [5, 5.41) is 3.25. The standard InChI is InChI=1S/C14H21NO2/c1-10-7-13(9-15-6-5-12(3)16)14(17-4)8-11(10)2/h7-8,15H,5-6,9H2,1-4H3. The van der Waals surface area contributed by atoms with E-state index in [-0.39, 0.29) is 5.78 Å². The number of methoxy groups -OCH3 is 1. The number of rotatable bonds is 6. The summed E-state index contributed by atoms with van der Waals surface area (Å²) in [6.07, 6.45) is 0.577. The highest BCUT2D eigenvalue weighted by Crippen LogP contribution is 2.22. The average molecular weight is 235 g/mol. The van der Waals surface area contributed by atoms with E-state index in [9.17, 15) is 4.79 Å². The van der Waals surface area contributed by atoms with Gasteiger partial charge < -0.3 is 10.1 Å². The zero-order valence-corrected chi connectivity index (χ0v) is 11.1. The molecule has 1 N–H and O–H groups in total. The van der Waals surface area contributed by atoms with E-state index >= 15 is 0 Å². The van der Waals surface area contributed by atoms with Gasteiger partial charge in [-0.3, -0.25) is 4.79 Å². The van der Waals surface area contributed by atoms with Crippen molar-refractivity contribution in [3.05, 3.63) is 28.8 Å². The number of hydrogen-bond acceptors (Lipinski definition) is 3. The van der Waals surface area contributed by atoms with Crippen LogP contribution in [0.25, 0.3) is 0 Å². The molecular weight excluding hydrogens is 214 g/mol. The molecule has 3 heteroatoms. The largest absolute Gasteiger partial charge is 0.496 e. The van der Waals surface area contributed by atoms with Gasteiger partial charge in [-0.2, -0.15) is 0 Å². The predicted octanol–water partition coefficient (Wildman–Crippen LogP) is 2.38. The molecule has 0 saturated carbocycles. The molecule has 3 nitrogen and oxygen atoms in total. The predicted molar refractivity (Wildman–Crippen MR) is 69.5 cm³/mol. The van der Waals surface area contributed by atoms with Crippen molar-refractivity contribution >= 4 is 5.78 Å². The second kappa shape index (κ2) is 6.40. The van der Waals surface area contributed by atoms with Crippen LogP contribution in [0.15, 0.2) is 12.1 Å². The number of ether oxygens (including phenoxy) is 1. The van der Waals surface area contributed by atoms with Gasteiger partial charge in [0.15, 0.2) is 0 Å². The lowest BCUT2D eigenvalue weighted by atomic mass is 10.0. The fraction of sp³-hybridized carbons (Fsp3) is 0.500. The Morgan fingerprint density at radius 1 is 1.29 bits per heavy atom. The Morgan fingerprint density at radius 2 is 1.94 bits per heavy atom. The molecule has 0 atom stereocenters. The topological polar surface area (TPSA) is 38.3 Å². The first-order valence-corrected chi connectivity index (χ1v) is 5.89. The molecule has 0 aromatic heterocycles. The van der Waals surface area contributed by atoms with Crippen molar-refractivity contribution in [2.45, 2.75) is 33.7 Å². The minimum Gasteiger partial charge on any atom is -0.496 e. The zero-order chi connectivity index (χ0) is 12.8. The number of aryl methyl sites for hydroxylation is 2. The van der Waals surface area contributed by atoms with Gasteiger partial charge in [0, 0.05) is 25.1 Å². The highest BCUT2D eigenvalue weighted by atomic mass is 16.5. The van der Waals surface area contributed by atoms with Gasteiger partial charge in [-0.25, -0.2) is 0 Å². The van der Waals surface area contributed by atoms with Crippen molar-refractivity contribution in [2.75, 3.05) is 13.7 Å². The summed E-state index contributed by atoms with van der Waals surface area (Å²) in [6.45, 7) is 7.22. The maximum absolute atomic E-state index is 10.8. The Balaban J connectivity index is 2.63. The number of benzene rings is 1. The highest BCUT2D eigenvalue weighted by Gasteiger charge is 2.05. The van der Waals surface area contributed by atoms with Crippen molar-refractivity contribution in [3.63, 3.8) is 0 Å². The van der Waals surface area contributed by atoms with Crippen LogP contribution in [0.4, 0.5) is 0 Å². The number of ketones is 1. The molecule has 1 rings (SSSR count). The normalized spacial score (nSPS) is 10.4. The number of Topliss-reactive ketones (excluding diaryl/α,β-unsaturated/α-hetero) is 1. The first-order chi connectivity index (χ1) is 8.04.